The summed E-state index contributed by atoms with van der Waals surface area (Å²) in [6, 6.07) is 7.50. The number of hydrogen-bond donors (Lipinski definition) is 1. The zero-order valence-corrected chi connectivity index (χ0v) is 17.9. The fourth-order valence-electron chi connectivity index (χ4n) is 3.11. The van der Waals surface area contributed by atoms with Gasteiger partial charge in [-0.25, -0.2) is 9.78 Å². The molecule has 8 heteroatoms. The average Bonchev–Trinajstić information content (AvgIpc) is 2.76. The number of ether oxygens (including phenoxy) is 3. The maximum absolute atomic E-state index is 12.6. The summed E-state index contributed by atoms with van der Waals surface area (Å²) in [6.45, 7) is 2.48. The molecule has 0 fully saturated rings. The number of methoxy groups -OCH3 is 2. The monoisotopic (exact) mass is 410 g/mol. The van der Waals surface area contributed by atoms with Crippen LogP contribution in [-0.2, 0) is 11.3 Å². The van der Waals surface area contributed by atoms with Crippen molar-refractivity contribution in [3.05, 3.63) is 47.8 Å². The molecule has 3 aromatic rings. The first-order valence-corrected chi connectivity index (χ1v) is 9.57. The van der Waals surface area contributed by atoms with Gasteiger partial charge in [-0.05, 0) is 30.7 Å². The Morgan fingerprint density at radius 3 is 2.37 bits per heavy atom. The SMILES string of the molecule is CCOC(=O)c1cnc2c(OC)ccc(OC)c2c1NCc1ccc(N(C)C)nc1. The van der Waals surface area contributed by atoms with Crippen molar-refractivity contribution in [3.63, 3.8) is 0 Å². The van der Waals surface area contributed by atoms with Crippen LogP contribution in [0.5, 0.6) is 11.5 Å². The van der Waals surface area contributed by atoms with Gasteiger partial charge in [0.05, 0.1) is 31.9 Å². The summed E-state index contributed by atoms with van der Waals surface area (Å²) >= 11 is 0. The molecule has 1 N–H and O–H groups in total. The maximum atomic E-state index is 12.6. The maximum Gasteiger partial charge on any atom is 0.341 e. The second-order valence-corrected chi connectivity index (χ2v) is 6.73. The predicted octanol–water partition coefficient (Wildman–Crippen LogP) is 3.50. The number of carbonyl (C=O) groups excluding carboxylic acids is 1. The van der Waals surface area contributed by atoms with Gasteiger partial charge >= 0.3 is 5.97 Å². The molecule has 158 valence electrons. The van der Waals surface area contributed by atoms with Crippen molar-refractivity contribution in [1.82, 2.24) is 9.97 Å². The molecule has 2 heterocycles. The first kappa shape index (κ1) is 21.2. The summed E-state index contributed by atoms with van der Waals surface area (Å²) in [5, 5.41) is 4.01. The van der Waals surface area contributed by atoms with Gasteiger partial charge in [0.25, 0.3) is 0 Å². The van der Waals surface area contributed by atoms with Gasteiger partial charge in [-0.3, -0.25) is 4.98 Å². The summed E-state index contributed by atoms with van der Waals surface area (Å²) in [7, 11) is 7.03. The van der Waals surface area contributed by atoms with Crippen LogP contribution < -0.4 is 19.7 Å². The van der Waals surface area contributed by atoms with Gasteiger partial charge in [0, 0.05) is 33.0 Å². The van der Waals surface area contributed by atoms with Crippen LogP contribution in [0.1, 0.15) is 22.8 Å². The molecule has 30 heavy (non-hydrogen) atoms. The van der Waals surface area contributed by atoms with Crippen LogP contribution in [0.2, 0.25) is 0 Å². The van der Waals surface area contributed by atoms with Crippen LogP contribution in [0.3, 0.4) is 0 Å². The number of anilines is 2. The number of rotatable bonds is 8. The van der Waals surface area contributed by atoms with E-state index in [-0.39, 0.29) is 6.61 Å². The van der Waals surface area contributed by atoms with Gasteiger partial charge < -0.3 is 24.4 Å². The van der Waals surface area contributed by atoms with E-state index in [0.717, 1.165) is 11.4 Å². The molecule has 3 rings (SSSR count). The Labute approximate surface area is 175 Å². The van der Waals surface area contributed by atoms with Crippen molar-refractivity contribution in [2.75, 3.05) is 45.1 Å². The second-order valence-electron chi connectivity index (χ2n) is 6.73. The molecular formula is C22H26N4O4. The first-order chi connectivity index (χ1) is 14.5. The molecule has 0 unspecified atom stereocenters. The van der Waals surface area contributed by atoms with E-state index in [2.05, 4.69) is 15.3 Å². The number of hydrogen-bond acceptors (Lipinski definition) is 8. The lowest BCUT2D eigenvalue weighted by Gasteiger charge is -2.17. The van der Waals surface area contributed by atoms with Gasteiger partial charge in [0.2, 0.25) is 0 Å². The molecule has 0 bridgehead atoms. The van der Waals surface area contributed by atoms with Crippen molar-refractivity contribution in [1.29, 1.82) is 0 Å². The van der Waals surface area contributed by atoms with Crippen molar-refractivity contribution in [2.45, 2.75) is 13.5 Å². The topological polar surface area (TPSA) is 85.8 Å². The van der Waals surface area contributed by atoms with Gasteiger partial charge in [-0.2, -0.15) is 0 Å². The predicted molar refractivity (Wildman–Crippen MR) is 117 cm³/mol. The van der Waals surface area contributed by atoms with Crippen LogP contribution in [0, 0.1) is 0 Å². The molecule has 1 aromatic carbocycles. The third-order valence-electron chi connectivity index (χ3n) is 4.62. The minimum atomic E-state index is -0.458. The van der Waals surface area contributed by atoms with Crippen molar-refractivity contribution >= 4 is 28.4 Å². The first-order valence-electron chi connectivity index (χ1n) is 9.57. The van der Waals surface area contributed by atoms with Gasteiger partial charge in [-0.15, -0.1) is 0 Å². The highest BCUT2D eigenvalue weighted by Crippen LogP contribution is 2.39. The molecule has 0 saturated heterocycles. The highest BCUT2D eigenvalue weighted by molar-refractivity contribution is 6.08. The van der Waals surface area contributed by atoms with Crippen LogP contribution in [-0.4, -0.2) is 50.9 Å². The summed E-state index contributed by atoms with van der Waals surface area (Å²) in [4.78, 5) is 23.4. The molecule has 2 aromatic heterocycles. The Morgan fingerprint density at radius 1 is 1.03 bits per heavy atom. The number of pyridine rings is 2. The average molecular weight is 410 g/mol. The minimum absolute atomic E-state index is 0.265. The summed E-state index contributed by atoms with van der Waals surface area (Å²) in [6.07, 6.45) is 3.30. The fraction of sp³-hybridized carbons (Fsp3) is 0.318. The molecule has 0 amide bonds. The summed E-state index contributed by atoms with van der Waals surface area (Å²) in [5.74, 6) is 1.57. The molecule has 8 nitrogen and oxygen atoms in total. The highest BCUT2D eigenvalue weighted by Gasteiger charge is 2.21. The number of nitrogens with zero attached hydrogens (tertiary/aromatic N) is 3. The number of nitrogens with one attached hydrogen (secondary N) is 1. The standard InChI is InChI=1S/C22H26N4O4/c1-6-30-22(27)15-13-25-21-17(29-5)9-8-16(28-4)19(21)20(15)24-12-14-7-10-18(23-11-14)26(2)3/h7-11,13H,6,12H2,1-5H3,(H,24,25). The molecule has 0 saturated carbocycles. The van der Waals surface area contributed by atoms with E-state index in [0.29, 0.717) is 40.2 Å². The van der Waals surface area contributed by atoms with E-state index in [1.807, 2.05) is 31.1 Å². The Morgan fingerprint density at radius 2 is 1.77 bits per heavy atom. The molecule has 0 radical (unpaired) electrons. The number of aromatic nitrogens is 2. The van der Waals surface area contributed by atoms with E-state index < -0.39 is 5.97 Å². The molecule has 0 atom stereocenters. The zero-order valence-electron chi connectivity index (χ0n) is 17.9. The van der Waals surface area contributed by atoms with Gasteiger partial charge in [0.1, 0.15) is 28.4 Å². The van der Waals surface area contributed by atoms with Crippen LogP contribution in [0.15, 0.2) is 36.7 Å². The Bertz CT molecular complexity index is 1040. The van der Waals surface area contributed by atoms with E-state index in [4.69, 9.17) is 14.2 Å². The smallest absolute Gasteiger partial charge is 0.341 e. The van der Waals surface area contributed by atoms with Crippen LogP contribution in [0.4, 0.5) is 11.5 Å². The number of benzene rings is 1. The third-order valence-corrected chi connectivity index (χ3v) is 4.62. The Hall–Kier alpha value is -3.55. The minimum Gasteiger partial charge on any atom is -0.496 e. The molecule has 0 spiro atoms. The molecule has 0 aliphatic carbocycles. The van der Waals surface area contributed by atoms with E-state index >= 15 is 0 Å². The quantitative estimate of drug-likeness (QED) is 0.565. The lowest BCUT2D eigenvalue weighted by Crippen LogP contribution is -2.13. The van der Waals surface area contributed by atoms with Crippen LogP contribution in [0.25, 0.3) is 10.9 Å². The van der Waals surface area contributed by atoms with E-state index in [9.17, 15) is 4.79 Å². The van der Waals surface area contributed by atoms with E-state index in [1.54, 1.807) is 39.5 Å². The largest absolute Gasteiger partial charge is 0.496 e. The van der Waals surface area contributed by atoms with Crippen molar-refractivity contribution in [3.8, 4) is 11.5 Å². The van der Waals surface area contributed by atoms with Gasteiger partial charge in [0.15, 0.2) is 0 Å². The molecule has 0 aliphatic heterocycles. The molecular weight excluding hydrogens is 384 g/mol. The Kier molecular flexibility index (Phi) is 6.56. The Balaban J connectivity index is 2.08. The van der Waals surface area contributed by atoms with E-state index in [1.165, 1.54) is 6.20 Å². The summed E-state index contributed by atoms with van der Waals surface area (Å²) in [5.41, 5.74) is 2.45. The number of fused-ring (bicyclic) bond motifs is 1. The second kappa shape index (κ2) is 9.30. The lowest BCUT2D eigenvalue weighted by molar-refractivity contribution is 0.0527. The fourth-order valence-corrected chi connectivity index (χ4v) is 3.11. The van der Waals surface area contributed by atoms with Crippen molar-refractivity contribution < 1.29 is 19.0 Å². The number of carbonyl (C=O) groups is 1. The normalized spacial score (nSPS) is 10.6. The number of esters is 1. The van der Waals surface area contributed by atoms with Crippen LogP contribution >= 0.6 is 0 Å². The molecule has 0 aliphatic rings. The summed E-state index contributed by atoms with van der Waals surface area (Å²) < 4.78 is 16.2. The third kappa shape index (κ3) is 4.22. The highest BCUT2D eigenvalue weighted by atomic mass is 16.5. The zero-order chi connectivity index (χ0) is 21.7. The lowest BCUT2D eigenvalue weighted by atomic mass is 10.1. The van der Waals surface area contributed by atoms with Crippen molar-refractivity contribution in [2.24, 2.45) is 0 Å². The van der Waals surface area contributed by atoms with Gasteiger partial charge in [-0.1, -0.05) is 6.07 Å².